The fourth-order valence-electron chi connectivity index (χ4n) is 1.81. The molecule has 0 aliphatic rings. The summed E-state index contributed by atoms with van der Waals surface area (Å²) in [6.07, 6.45) is 1.96. The highest BCUT2D eigenvalue weighted by molar-refractivity contribution is 5.87. The van der Waals surface area contributed by atoms with E-state index in [1.165, 1.54) is 0 Å². The highest BCUT2D eigenvalue weighted by atomic mass is 16.4. The number of rotatable bonds is 6. The minimum absolute atomic E-state index is 0.111. The van der Waals surface area contributed by atoms with Crippen LogP contribution in [0.5, 0.6) is 0 Å². The molecule has 142 valence electrons. The summed E-state index contributed by atoms with van der Waals surface area (Å²) < 4.78 is 0. The van der Waals surface area contributed by atoms with Crippen molar-refractivity contribution in [3.63, 3.8) is 0 Å². The van der Waals surface area contributed by atoms with E-state index in [1.807, 2.05) is 6.92 Å². The maximum atomic E-state index is 10.2. The van der Waals surface area contributed by atoms with Crippen molar-refractivity contribution >= 4 is 11.9 Å². The van der Waals surface area contributed by atoms with Crippen LogP contribution in [-0.2, 0) is 0 Å². The zero-order chi connectivity index (χ0) is 19.8. The van der Waals surface area contributed by atoms with Crippen LogP contribution in [0.3, 0.4) is 0 Å². The van der Waals surface area contributed by atoms with Crippen LogP contribution in [0.25, 0.3) is 0 Å². The van der Waals surface area contributed by atoms with Gasteiger partial charge in [-0.3, -0.25) is 0 Å². The molecular formula is C20H26O6. The number of aliphatic hydroxyl groups excluding tert-OH is 2. The zero-order valence-electron chi connectivity index (χ0n) is 14.8. The summed E-state index contributed by atoms with van der Waals surface area (Å²) in [7, 11) is 0. The standard InChI is InChI=1S/2C7H6O2.C6H14O2/c2*8-7(9)6-4-2-1-3-5-6;1-2-3-6(4-7)5-8/h2*1-5H,(H,8,9);6-8H,2-5H2,1H3. The van der Waals surface area contributed by atoms with Gasteiger partial charge in [0.05, 0.1) is 11.1 Å². The van der Waals surface area contributed by atoms with Crippen molar-refractivity contribution in [3.8, 4) is 0 Å². The lowest BCUT2D eigenvalue weighted by molar-refractivity contribution is 0.0686. The highest BCUT2D eigenvalue weighted by Crippen LogP contribution is 2.02. The van der Waals surface area contributed by atoms with Crippen LogP contribution in [0.2, 0.25) is 0 Å². The largest absolute Gasteiger partial charge is 0.478 e. The molecule has 0 heterocycles. The first-order valence-electron chi connectivity index (χ1n) is 8.24. The van der Waals surface area contributed by atoms with Crippen molar-refractivity contribution in [2.24, 2.45) is 5.92 Å². The second-order valence-electron chi connectivity index (χ2n) is 5.36. The molecule has 0 atom stereocenters. The van der Waals surface area contributed by atoms with E-state index in [2.05, 4.69) is 0 Å². The Bertz CT molecular complexity index is 559. The number of carboxylic acid groups (broad SMARTS) is 2. The fourth-order valence-corrected chi connectivity index (χ4v) is 1.81. The molecule has 6 heteroatoms. The smallest absolute Gasteiger partial charge is 0.335 e. The molecule has 0 saturated carbocycles. The van der Waals surface area contributed by atoms with Crippen LogP contribution < -0.4 is 0 Å². The molecule has 2 rings (SSSR count). The van der Waals surface area contributed by atoms with E-state index < -0.39 is 11.9 Å². The third-order valence-electron chi connectivity index (χ3n) is 3.25. The topological polar surface area (TPSA) is 115 Å². The molecule has 0 aromatic heterocycles. The van der Waals surface area contributed by atoms with Crippen molar-refractivity contribution in [1.29, 1.82) is 0 Å². The van der Waals surface area contributed by atoms with Crippen LogP contribution in [-0.4, -0.2) is 45.6 Å². The van der Waals surface area contributed by atoms with Crippen LogP contribution in [0, 0.1) is 5.92 Å². The number of hydrogen-bond donors (Lipinski definition) is 4. The Morgan fingerprint density at radius 1 is 0.769 bits per heavy atom. The third kappa shape index (κ3) is 11.0. The van der Waals surface area contributed by atoms with Crippen molar-refractivity contribution in [3.05, 3.63) is 71.8 Å². The lowest BCUT2D eigenvalue weighted by Gasteiger charge is -2.06. The highest BCUT2D eigenvalue weighted by Gasteiger charge is 2.01. The van der Waals surface area contributed by atoms with Gasteiger partial charge in [-0.1, -0.05) is 49.7 Å². The molecule has 0 saturated heterocycles. The molecular weight excluding hydrogens is 336 g/mol. The lowest BCUT2D eigenvalue weighted by Crippen LogP contribution is -2.09. The van der Waals surface area contributed by atoms with Gasteiger partial charge in [0.1, 0.15) is 0 Å². The first kappa shape index (κ1) is 23.3. The summed E-state index contributed by atoms with van der Waals surface area (Å²) in [5.41, 5.74) is 0.662. The van der Waals surface area contributed by atoms with E-state index in [-0.39, 0.29) is 19.1 Å². The fraction of sp³-hybridized carbons (Fsp3) is 0.300. The molecule has 2 aromatic carbocycles. The quantitative estimate of drug-likeness (QED) is 0.627. The van der Waals surface area contributed by atoms with Crippen molar-refractivity contribution in [1.82, 2.24) is 0 Å². The first-order chi connectivity index (χ1) is 12.5. The average Bonchev–Trinajstić information content (AvgIpc) is 2.68. The van der Waals surface area contributed by atoms with Gasteiger partial charge in [-0.05, 0) is 30.7 Å². The molecule has 0 radical (unpaired) electrons. The Hall–Kier alpha value is -2.70. The lowest BCUT2D eigenvalue weighted by atomic mass is 10.1. The summed E-state index contributed by atoms with van der Waals surface area (Å²) in [5, 5.41) is 33.8. The van der Waals surface area contributed by atoms with Gasteiger partial charge < -0.3 is 20.4 Å². The van der Waals surface area contributed by atoms with Gasteiger partial charge in [0, 0.05) is 19.1 Å². The molecule has 26 heavy (non-hydrogen) atoms. The van der Waals surface area contributed by atoms with Gasteiger partial charge >= 0.3 is 11.9 Å². The molecule has 2 aromatic rings. The molecule has 0 fully saturated rings. The Labute approximate surface area is 153 Å². The van der Waals surface area contributed by atoms with Gasteiger partial charge in [0.25, 0.3) is 0 Å². The van der Waals surface area contributed by atoms with E-state index in [4.69, 9.17) is 20.4 Å². The molecule has 6 nitrogen and oxygen atoms in total. The van der Waals surface area contributed by atoms with Crippen LogP contribution >= 0.6 is 0 Å². The Morgan fingerprint density at radius 2 is 1.12 bits per heavy atom. The van der Waals surface area contributed by atoms with E-state index in [1.54, 1.807) is 60.7 Å². The minimum Gasteiger partial charge on any atom is -0.478 e. The summed E-state index contributed by atoms with van der Waals surface area (Å²) in [5.74, 6) is -1.65. The van der Waals surface area contributed by atoms with Crippen LogP contribution in [0.1, 0.15) is 40.5 Å². The van der Waals surface area contributed by atoms with Gasteiger partial charge in [-0.2, -0.15) is 0 Å². The molecule has 0 aliphatic heterocycles. The van der Waals surface area contributed by atoms with E-state index in [0.29, 0.717) is 11.1 Å². The number of benzene rings is 2. The molecule has 4 N–H and O–H groups in total. The number of carboxylic acids is 2. The van der Waals surface area contributed by atoms with Gasteiger partial charge in [0.15, 0.2) is 0 Å². The van der Waals surface area contributed by atoms with Crippen LogP contribution in [0.15, 0.2) is 60.7 Å². The summed E-state index contributed by atoms with van der Waals surface area (Å²) >= 11 is 0. The second kappa shape index (κ2) is 14.6. The van der Waals surface area contributed by atoms with Crippen molar-refractivity contribution in [2.75, 3.05) is 13.2 Å². The number of aliphatic hydroxyl groups is 2. The van der Waals surface area contributed by atoms with Gasteiger partial charge in [0.2, 0.25) is 0 Å². The Kier molecular flexibility index (Phi) is 13.1. The maximum absolute atomic E-state index is 10.2. The average molecular weight is 362 g/mol. The molecule has 0 bridgehead atoms. The SMILES string of the molecule is CCCC(CO)CO.O=C(O)c1ccccc1.O=C(O)c1ccccc1. The van der Waals surface area contributed by atoms with Gasteiger partial charge in [-0.25, -0.2) is 9.59 Å². The predicted molar refractivity (Wildman–Crippen MR) is 99.4 cm³/mol. The van der Waals surface area contributed by atoms with E-state index in [0.717, 1.165) is 12.8 Å². The number of hydrogen-bond acceptors (Lipinski definition) is 4. The predicted octanol–water partition coefficient (Wildman–Crippen LogP) is 3.16. The van der Waals surface area contributed by atoms with Crippen LogP contribution in [0.4, 0.5) is 0 Å². The molecule has 0 amide bonds. The first-order valence-corrected chi connectivity index (χ1v) is 8.24. The third-order valence-corrected chi connectivity index (χ3v) is 3.25. The summed E-state index contributed by atoms with van der Waals surface area (Å²) in [6, 6.07) is 16.6. The van der Waals surface area contributed by atoms with E-state index >= 15 is 0 Å². The molecule has 0 aliphatic carbocycles. The zero-order valence-corrected chi connectivity index (χ0v) is 14.8. The summed E-state index contributed by atoms with van der Waals surface area (Å²) in [6.45, 7) is 2.27. The monoisotopic (exact) mass is 362 g/mol. The summed E-state index contributed by atoms with van der Waals surface area (Å²) in [4.78, 5) is 20.4. The normalized spacial score (nSPS) is 9.38. The number of carbonyl (C=O) groups is 2. The van der Waals surface area contributed by atoms with Crippen molar-refractivity contribution in [2.45, 2.75) is 19.8 Å². The maximum Gasteiger partial charge on any atom is 0.335 e. The van der Waals surface area contributed by atoms with E-state index in [9.17, 15) is 9.59 Å². The number of aromatic carboxylic acids is 2. The van der Waals surface area contributed by atoms with Gasteiger partial charge in [-0.15, -0.1) is 0 Å². The Balaban J connectivity index is 0.000000362. The molecule has 0 spiro atoms. The second-order valence-corrected chi connectivity index (χ2v) is 5.36. The Morgan fingerprint density at radius 3 is 1.27 bits per heavy atom. The minimum atomic E-state index is -0.879. The molecule has 0 unspecified atom stereocenters. The van der Waals surface area contributed by atoms with Crippen molar-refractivity contribution < 1.29 is 30.0 Å².